The van der Waals surface area contributed by atoms with Gasteiger partial charge in [-0.3, -0.25) is 0 Å². The van der Waals surface area contributed by atoms with Crippen molar-refractivity contribution in [2.45, 2.75) is 59.6 Å². The van der Waals surface area contributed by atoms with Gasteiger partial charge in [-0.1, -0.05) is 45.4 Å². The van der Waals surface area contributed by atoms with Crippen LogP contribution in [0.25, 0.3) is 0 Å². The van der Waals surface area contributed by atoms with Gasteiger partial charge in [-0.25, -0.2) is 4.79 Å². The first kappa shape index (κ1) is 21.9. The summed E-state index contributed by atoms with van der Waals surface area (Å²) in [6.07, 6.45) is 2.34. The Labute approximate surface area is 145 Å². The lowest BCUT2D eigenvalue weighted by molar-refractivity contribution is -0.191. The lowest BCUT2D eigenvalue weighted by Crippen LogP contribution is -2.47. The van der Waals surface area contributed by atoms with Gasteiger partial charge in [0.2, 0.25) is 0 Å². The molecular weight excluding hydrogens is 306 g/mol. The molecule has 1 unspecified atom stereocenters. The molecule has 1 rings (SSSR count). The van der Waals surface area contributed by atoms with Crippen LogP contribution in [-0.2, 0) is 19.1 Å². The number of carbonyl (C=O) groups excluding carboxylic acids is 3. The molecule has 0 fully saturated rings. The van der Waals surface area contributed by atoms with Gasteiger partial charge < -0.3 is 9.64 Å². The molecule has 0 spiro atoms. The van der Waals surface area contributed by atoms with E-state index in [0.717, 1.165) is 25.1 Å². The van der Waals surface area contributed by atoms with Crippen LogP contribution in [0.3, 0.4) is 0 Å². The molecule has 0 aromatic heterocycles. The summed E-state index contributed by atoms with van der Waals surface area (Å²) in [5.74, 6) is 0.0771. The summed E-state index contributed by atoms with van der Waals surface area (Å²) in [7, 11) is 0. The highest BCUT2D eigenvalue weighted by Crippen LogP contribution is 2.23. The van der Waals surface area contributed by atoms with Crippen LogP contribution in [0, 0.1) is 5.92 Å². The van der Waals surface area contributed by atoms with Gasteiger partial charge in [0.1, 0.15) is 6.04 Å². The van der Waals surface area contributed by atoms with Crippen LogP contribution in [0.15, 0.2) is 30.3 Å². The van der Waals surface area contributed by atoms with Crippen molar-refractivity contribution in [2.75, 3.05) is 11.4 Å². The molecule has 134 valence electrons. The molecule has 5 heteroatoms. The number of hydrogen-bond donors (Lipinski definition) is 0. The summed E-state index contributed by atoms with van der Waals surface area (Å²) >= 11 is 0. The molecular formula is C19H29NO4. The fourth-order valence-corrected chi connectivity index (χ4v) is 2.44. The number of carbonyl (C=O) groups is 1. The fraction of sp³-hybridized carbons (Fsp3) is 0.579. The number of esters is 1. The van der Waals surface area contributed by atoms with E-state index < -0.39 is 0 Å². The first-order valence-electron chi connectivity index (χ1n) is 8.40. The molecule has 0 aliphatic rings. The number of nitrogens with zero attached hydrogens (tertiary/aromatic N) is 1. The van der Waals surface area contributed by atoms with Crippen LogP contribution in [0.4, 0.5) is 5.69 Å². The van der Waals surface area contributed by atoms with E-state index in [1.165, 1.54) is 0 Å². The fourth-order valence-electron chi connectivity index (χ4n) is 2.44. The maximum atomic E-state index is 12.5. The number of hydrogen-bond acceptors (Lipinski definition) is 5. The van der Waals surface area contributed by atoms with Gasteiger partial charge in [0.15, 0.2) is 0 Å². The molecule has 1 aromatic rings. The summed E-state index contributed by atoms with van der Waals surface area (Å²) in [6, 6.07) is 9.92. The Hall–Kier alpha value is -2.13. The Morgan fingerprint density at radius 2 is 1.67 bits per heavy atom. The van der Waals surface area contributed by atoms with E-state index in [1.807, 2.05) is 32.0 Å². The van der Waals surface area contributed by atoms with Gasteiger partial charge in [-0.15, -0.1) is 0 Å². The minimum Gasteiger partial charge on any atom is -0.461 e. The minimum atomic E-state index is -0.235. The summed E-state index contributed by atoms with van der Waals surface area (Å²) in [5, 5.41) is 0. The minimum absolute atomic E-state index is 0.0810. The van der Waals surface area contributed by atoms with Crippen LogP contribution in [0.2, 0.25) is 0 Å². The topological polar surface area (TPSA) is 63.7 Å². The third-order valence-electron chi connectivity index (χ3n) is 3.40. The largest absolute Gasteiger partial charge is 0.461 e. The van der Waals surface area contributed by atoms with Crippen molar-refractivity contribution in [3.63, 3.8) is 0 Å². The van der Waals surface area contributed by atoms with Gasteiger partial charge in [0.05, 0.1) is 6.10 Å². The number of rotatable bonds is 8. The van der Waals surface area contributed by atoms with Crippen molar-refractivity contribution < 1.29 is 19.1 Å². The summed E-state index contributed by atoms with van der Waals surface area (Å²) in [5.41, 5.74) is 1.09. The van der Waals surface area contributed by atoms with Crippen molar-refractivity contribution in [3.05, 3.63) is 30.3 Å². The second-order valence-corrected chi connectivity index (χ2v) is 6.14. The van der Waals surface area contributed by atoms with Crippen LogP contribution in [-0.4, -0.2) is 30.8 Å². The van der Waals surface area contributed by atoms with E-state index in [2.05, 4.69) is 37.8 Å². The maximum Gasteiger partial charge on any atom is 0.373 e. The van der Waals surface area contributed by atoms with Crippen LogP contribution in [0.1, 0.15) is 47.5 Å². The third kappa shape index (κ3) is 7.93. The zero-order chi connectivity index (χ0) is 18.5. The van der Waals surface area contributed by atoms with Gasteiger partial charge in [-0.05, 0) is 38.3 Å². The summed E-state index contributed by atoms with van der Waals surface area (Å²) < 4.78 is 5.48. The number of ether oxygens (including phenoxy) is 1. The molecule has 1 aromatic carbocycles. The first-order valence-corrected chi connectivity index (χ1v) is 8.40. The van der Waals surface area contributed by atoms with Crippen molar-refractivity contribution in [1.29, 1.82) is 0 Å². The third-order valence-corrected chi connectivity index (χ3v) is 3.40. The Kier molecular flexibility index (Phi) is 11.2. The monoisotopic (exact) mass is 335 g/mol. The highest BCUT2D eigenvalue weighted by molar-refractivity contribution is 5.80. The SMILES string of the molecule is CCCCN(c1ccccc1)C(C(=O)OC(C)C)C(C)C.O=C=O. The van der Waals surface area contributed by atoms with E-state index in [-0.39, 0.29) is 30.2 Å². The second kappa shape index (κ2) is 12.3. The van der Waals surface area contributed by atoms with Crippen molar-refractivity contribution in [1.82, 2.24) is 0 Å². The Morgan fingerprint density at radius 3 is 2.08 bits per heavy atom. The van der Waals surface area contributed by atoms with E-state index in [9.17, 15) is 4.79 Å². The quantitative estimate of drug-likeness (QED) is 0.678. The van der Waals surface area contributed by atoms with Gasteiger partial charge in [0.25, 0.3) is 0 Å². The number of unbranched alkanes of at least 4 members (excludes halogenated alkanes) is 1. The maximum absolute atomic E-state index is 12.5. The standard InChI is InChI=1S/C18H29NO2.CO2/c1-6-7-13-19(16-11-9-8-10-12-16)17(14(2)3)18(20)21-15(4)5;2-1-3/h8-12,14-15,17H,6-7,13H2,1-5H3;. The predicted molar refractivity (Wildman–Crippen MR) is 93.6 cm³/mol. The van der Waals surface area contributed by atoms with Gasteiger partial charge >= 0.3 is 12.1 Å². The van der Waals surface area contributed by atoms with Crippen molar-refractivity contribution >= 4 is 17.8 Å². The highest BCUT2D eigenvalue weighted by Gasteiger charge is 2.30. The number of anilines is 1. The lowest BCUT2D eigenvalue weighted by atomic mass is 10.0. The average Bonchev–Trinajstić information content (AvgIpc) is 2.51. The van der Waals surface area contributed by atoms with Gasteiger partial charge in [0, 0.05) is 12.2 Å². The molecule has 0 amide bonds. The first-order chi connectivity index (χ1) is 11.4. The Balaban J connectivity index is 0.00000163. The zero-order valence-electron chi connectivity index (χ0n) is 15.3. The second-order valence-electron chi connectivity index (χ2n) is 6.14. The molecule has 0 bridgehead atoms. The number of benzene rings is 1. The number of para-hydroxylation sites is 1. The van der Waals surface area contributed by atoms with E-state index in [0.29, 0.717) is 0 Å². The summed E-state index contributed by atoms with van der Waals surface area (Å²) in [6.45, 7) is 11.0. The van der Waals surface area contributed by atoms with Crippen molar-refractivity contribution in [2.24, 2.45) is 5.92 Å². The van der Waals surface area contributed by atoms with Crippen LogP contribution in [0.5, 0.6) is 0 Å². The molecule has 0 saturated heterocycles. The molecule has 0 saturated carbocycles. The molecule has 24 heavy (non-hydrogen) atoms. The highest BCUT2D eigenvalue weighted by atomic mass is 16.5. The molecule has 0 aliphatic carbocycles. The smallest absolute Gasteiger partial charge is 0.373 e. The lowest BCUT2D eigenvalue weighted by Gasteiger charge is -2.35. The van der Waals surface area contributed by atoms with Gasteiger partial charge in [-0.2, -0.15) is 9.59 Å². The molecule has 5 nitrogen and oxygen atoms in total. The van der Waals surface area contributed by atoms with Crippen LogP contribution >= 0.6 is 0 Å². The van der Waals surface area contributed by atoms with E-state index >= 15 is 0 Å². The normalized spacial score (nSPS) is 11.3. The molecule has 0 N–H and O–H groups in total. The molecule has 1 atom stereocenters. The average molecular weight is 335 g/mol. The van der Waals surface area contributed by atoms with Crippen molar-refractivity contribution in [3.8, 4) is 0 Å². The zero-order valence-corrected chi connectivity index (χ0v) is 15.3. The Morgan fingerprint density at radius 1 is 1.12 bits per heavy atom. The Bertz CT molecular complexity index is 493. The summed E-state index contributed by atoms with van der Waals surface area (Å²) in [4.78, 5) is 31.0. The molecule has 0 heterocycles. The van der Waals surface area contributed by atoms with E-state index in [1.54, 1.807) is 0 Å². The predicted octanol–water partition coefficient (Wildman–Crippen LogP) is 3.69. The molecule has 0 aliphatic heterocycles. The van der Waals surface area contributed by atoms with E-state index in [4.69, 9.17) is 14.3 Å². The molecule has 0 radical (unpaired) electrons. The van der Waals surface area contributed by atoms with Crippen LogP contribution < -0.4 is 4.90 Å².